The van der Waals surface area contributed by atoms with E-state index in [0.29, 0.717) is 0 Å². The number of hydrogen-bond acceptors (Lipinski definition) is 3. The van der Waals surface area contributed by atoms with Gasteiger partial charge in [-0.2, -0.15) is 0 Å². The number of fused-ring (bicyclic) bond motifs is 1. The van der Waals surface area contributed by atoms with Crippen LogP contribution in [0.5, 0.6) is 0 Å². The molecule has 4 heteroatoms. The maximum atomic E-state index is 5.94. The molecule has 0 amide bonds. The lowest BCUT2D eigenvalue weighted by atomic mass is 10.2. The third-order valence-electron chi connectivity index (χ3n) is 2.82. The third kappa shape index (κ3) is 1.80. The van der Waals surface area contributed by atoms with Crippen LogP contribution >= 0.6 is 11.3 Å². The maximum Gasteiger partial charge on any atom is 0.113 e. The van der Waals surface area contributed by atoms with Crippen LogP contribution < -0.4 is 5.73 Å². The lowest BCUT2D eigenvalue weighted by Crippen LogP contribution is -1.97. The summed E-state index contributed by atoms with van der Waals surface area (Å²) in [5.74, 6) is 0. The minimum Gasteiger partial charge on any atom is -0.398 e. The third-order valence-corrected chi connectivity index (χ3v) is 3.77. The molecule has 0 spiro atoms. The van der Waals surface area contributed by atoms with Gasteiger partial charge in [0, 0.05) is 28.3 Å². The Labute approximate surface area is 104 Å². The molecule has 3 rings (SSSR count). The predicted octanol–water partition coefficient (Wildman–Crippen LogP) is 3.04. The largest absolute Gasteiger partial charge is 0.398 e. The van der Waals surface area contributed by atoms with E-state index >= 15 is 0 Å². The van der Waals surface area contributed by atoms with E-state index in [4.69, 9.17) is 5.73 Å². The summed E-state index contributed by atoms with van der Waals surface area (Å²) in [5.41, 5.74) is 9.02. The van der Waals surface area contributed by atoms with Crippen LogP contribution in [0.3, 0.4) is 0 Å². The Kier molecular flexibility index (Phi) is 2.37. The molecule has 86 valence electrons. The minimum absolute atomic E-state index is 0.811. The Morgan fingerprint density at radius 1 is 1.35 bits per heavy atom. The highest BCUT2D eigenvalue weighted by atomic mass is 32.1. The second-order valence-electron chi connectivity index (χ2n) is 4.11. The Morgan fingerprint density at radius 3 is 3.00 bits per heavy atom. The van der Waals surface area contributed by atoms with Crippen molar-refractivity contribution in [2.24, 2.45) is 0 Å². The summed E-state index contributed by atoms with van der Waals surface area (Å²) in [6.45, 7) is 2.83. The average Bonchev–Trinajstić information content (AvgIpc) is 2.88. The SMILES string of the molecule is Cc1csc(Cn2ccc3c(N)cccc32)n1. The fourth-order valence-electron chi connectivity index (χ4n) is 2.01. The Balaban J connectivity index is 2.04. The zero-order chi connectivity index (χ0) is 11.8. The predicted molar refractivity (Wildman–Crippen MR) is 72.3 cm³/mol. The van der Waals surface area contributed by atoms with Gasteiger partial charge >= 0.3 is 0 Å². The first-order valence-electron chi connectivity index (χ1n) is 5.48. The van der Waals surface area contributed by atoms with Crippen molar-refractivity contribution >= 4 is 27.9 Å². The number of hydrogen-bond donors (Lipinski definition) is 1. The van der Waals surface area contributed by atoms with E-state index in [0.717, 1.165) is 33.8 Å². The lowest BCUT2D eigenvalue weighted by molar-refractivity contribution is 0.825. The molecule has 3 aromatic rings. The molecule has 2 heterocycles. The lowest BCUT2D eigenvalue weighted by Gasteiger charge is -2.03. The molecule has 0 aliphatic rings. The van der Waals surface area contributed by atoms with Crippen LogP contribution in [0.25, 0.3) is 10.9 Å². The highest BCUT2D eigenvalue weighted by Crippen LogP contribution is 2.23. The standard InChI is InChI=1S/C13H13N3S/c1-9-8-17-13(15-9)7-16-6-5-10-11(14)3-2-4-12(10)16/h2-6,8H,7,14H2,1H3. The van der Waals surface area contributed by atoms with Gasteiger partial charge in [0.25, 0.3) is 0 Å². The second-order valence-corrected chi connectivity index (χ2v) is 5.05. The number of aromatic nitrogens is 2. The first-order valence-corrected chi connectivity index (χ1v) is 6.36. The summed E-state index contributed by atoms with van der Waals surface area (Å²) in [4.78, 5) is 4.48. The van der Waals surface area contributed by atoms with E-state index in [1.54, 1.807) is 11.3 Å². The van der Waals surface area contributed by atoms with Gasteiger partial charge < -0.3 is 10.3 Å². The monoisotopic (exact) mass is 243 g/mol. The van der Waals surface area contributed by atoms with Gasteiger partial charge in [-0.25, -0.2) is 4.98 Å². The number of nitrogen functional groups attached to an aromatic ring is 1. The second kappa shape index (κ2) is 3.89. The molecule has 2 N–H and O–H groups in total. The van der Waals surface area contributed by atoms with Crippen molar-refractivity contribution in [2.45, 2.75) is 13.5 Å². The van der Waals surface area contributed by atoms with Crippen LogP contribution in [0.1, 0.15) is 10.7 Å². The topological polar surface area (TPSA) is 43.8 Å². The van der Waals surface area contributed by atoms with E-state index in [1.165, 1.54) is 0 Å². The summed E-state index contributed by atoms with van der Waals surface area (Å²) in [6, 6.07) is 8.07. The normalized spacial score (nSPS) is 11.1. The summed E-state index contributed by atoms with van der Waals surface area (Å²) in [6.07, 6.45) is 2.07. The minimum atomic E-state index is 0.811. The van der Waals surface area contributed by atoms with Crippen molar-refractivity contribution < 1.29 is 0 Å². The van der Waals surface area contributed by atoms with Crippen molar-refractivity contribution in [3.05, 3.63) is 46.5 Å². The summed E-state index contributed by atoms with van der Waals surface area (Å²) in [7, 11) is 0. The molecule has 0 bridgehead atoms. The molecular weight excluding hydrogens is 230 g/mol. The molecule has 1 aromatic carbocycles. The molecule has 0 aliphatic carbocycles. The van der Waals surface area contributed by atoms with Crippen molar-refractivity contribution in [3.63, 3.8) is 0 Å². The molecule has 0 aliphatic heterocycles. The number of thiazole rings is 1. The molecule has 0 unspecified atom stereocenters. The quantitative estimate of drug-likeness (QED) is 0.703. The number of rotatable bonds is 2. The summed E-state index contributed by atoms with van der Waals surface area (Å²) in [5, 5.41) is 4.32. The fraction of sp³-hybridized carbons (Fsp3) is 0.154. The highest BCUT2D eigenvalue weighted by molar-refractivity contribution is 7.09. The van der Waals surface area contributed by atoms with Gasteiger partial charge in [0.15, 0.2) is 0 Å². The molecule has 0 radical (unpaired) electrons. The van der Waals surface area contributed by atoms with Gasteiger partial charge in [-0.15, -0.1) is 11.3 Å². The van der Waals surface area contributed by atoms with Crippen LogP contribution in [0.4, 0.5) is 5.69 Å². The van der Waals surface area contributed by atoms with Crippen LogP contribution in [0.2, 0.25) is 0 Å². The Morgan fingerprint density at radius 2 is 2.24 bits per heavy atom. The van der Waals surface area contributed by atoms with Crippen molar-refractivity contribution in [1.82, 2.24) is 9.55 Å². The molecule has 0 saturated heterocycles. The molecule has 0 atom stereocenters. The van der Waals surface area contributed by atoms with E-state index < -0.39 is 0 Å². The van der Waals surface area contributed by atoms with Gasteiger partial charge in [-0.1, -0.05) is 6.07 Å². The van der Waals surface area contributed by atoms with E-state index in [9.17, 15) is 0 Å². The zero-order valence-electron chi connectivity index (χ0n) is 9.55. The first-order chi connectivity index (χ1) is 8.24. The summed E-state index contributed by atoms with van der Waals surface area (Å²) >= 11 is 1.70. The molecular formula is C13H13N3S. The van der Waals surface area contributed by atoms with E-state index in [1.807, 2.05) is 19.1 Å². The molecule has 3 nitrogen and oxygen atoms in total. The van der Waals surface area contributed by atoms with Gasteiger partial charge in [0.2, 0.25) is 0 Å². The van der Waals surface area contributed by atoms with Gasteiger partial charge in [0.1, 0.15) is 5.01 Å². The van der Waals surface area contributed by atoms with Gasteiger partial charge in [-0.05, 0) is 25.1 Å². The van der Waals surface area contributed by atoms with Crippen molar-refractivity contribution in [2.75, 3.05) is 5.73 Å². The number of aryl methyl sites for hydroxylation is 1. The zero-order valence-corrected chi connectivity index (χ0v) is 10.4. The van der Waals surface area contributed by atoms with Crippen LogP contribution in [-0.2, 0) is 6.54 Å². The average molecular weight is 243 g/mol. The van der Waals surface area contributed by atoms with Crippen molar-refractivity contribution in [3.8, 4) is 0 Å². The fourth-order valence-corrected chi connectivity index (χ4v) is 2.78. The van der Waals surface area contributed by atoms with Gasteiger partial charge in [-0.3, -0.25) is 0 Å². The number of anilines is 1. The van der Waals surface area contributed by atoms with Crippen LogP contribution in [0.15, 0.2) is 35.8 Å². The highest BCUT2D eigenvalue weighted by Gasteiger charge is 2.05. The molecule has 17 heavy (non-hydrogen) atoms. The van der Waals surface area contributed by atoms with Crippen molar-refractivity contribution in [1.29, 1.82) is 0 Å². The summed E-state index contributed by atoms with van der Waals surface area (Å²) < 4.78 is 2.18. The molecule has 0 fully saturated rings. The smallest absolute Gasteiger partial charge is 0.113 e. The number of nitrogens with zero attached hydrogens (tertiary/aromatic N) is 2. The van der Waals surface area contributed by atoms with E-state index in [-0.39, 0.29) is 0 Å². The number of benzene rings is 1. The maximum absolute atomic E-state index is 5.94. The Bertz CT molecular complexity index is 666. The first kappa shape index (κ1) is 10.4. The van der Waals surface area contributed by atoms with Crippen LogP contribution in [-0.4, -0.2) is 9.55 Å². The van der Waals surface area contributed by atoms with Crippen LogP contribution in [0, 0.1) is 6.92 Å². The van der Waals surface area contributed by atoms with Gasteiger partial charge in [0.05, 0.1) is 12.1 Å². The Hall–Kier alpha value is -1.81. The number of nitrogens with two attached hydrogens (primary N) is 1. The van der Waals surface area contributed by atoms with E-state index in [2.05, 4.69) is 33.3 Å². The molecule has 0 saturated carbocycles. The molecule has 2 aromatic heterocycles.